The summed E-state index contributed by atoms with van der Waals surface area (Å²) in [6.45, 7) is 1.54. The van der Waals surface area contributed by atoms with Crippen molar-refractivity contribution in [2.45, 2.75) is 25.8 Å². The van der Waals surface area contributed by atoms with Gasteiger partial charge >= 0.3 is 0 Å². The van der Waals surface area contributed by atoms with Crippen molar-refractivity contribution in [1.82, 2.24) is 10.2 Å². The van der Waals surface area contributed by atoms with Gasteiger partial charge in [0.1, 0.15) is 17.5 Å². The summed E-state index contributed by atoms with van der Waals surface area (Å²) >= 11 is 0. The van der Waals surface area contributed by atoms with Crippen molar-refractivity contribution in [2.75, 3.05) is 13.1 Å². The van der Waals surface area contributed by atoms with E-state index < -0.39 is 0 Å². The molecule has 1 heterocycles. The Morgan fingerprint density at radius 1 is 1.14 bits per heavy atom. The number of benzene rings is 2. The molecular formula is C23H24FN3O. The Hall–Kier alpha value is -3.13. The van der Waals surface area contributed by atoms with Crippen molar-refractivity contribution in [3.05, 3.63) is 83.3 Å². The third-order valence-electron chi connectivity index (χ3n) is 5.12. The van der Waals surface area contributed by atoms with Gasteiger partial charge in [0, 0.05) is 31.4 Å². The summed E-state index contributed by atoms with van der Waals surface area (Å²) in [6.07, 6.45) is 4.28. The van der Waals surface area contributed by atoms with Crippen LogP contribution in [-0.4, -0.2) is 23.9 Å². The Kier molecular flexibility index (Phi) is 6.80. The fraction of sp³-hybridized carbons (Fsp3) is 0.304. The molecule has 0 unspecified atom stereocenters. The lowest BCUT2D eigenvalue weighted by Gasteiger charge is -2.32. The SMILES string of the molecule is N#C/C(=C/NCc1ccccc1F)C(=O)N1CCC(Cc2ccccc2)CC1. The number of amides is 1. The highest BCUT2D eigenvalue weighted by Gasteiger charge is 2.25. The summed E-state index contributed by atoms with van der Waals surface area (Å²) in [7, 11) is 0. The van der Waals surface area contributed by atoms with Gasteiger partial charge in [-0.25, -0.2) is 4.39 Å². The van der Waals surface area contributed by atoms with Gasteiger partial charge in [-0.3, -0.25) is 4.79 Å². The quantitative estimate of drug-likeness (QED) is 0.615. The highest BCUT2D eigenvalue weighted by Crippen LogP contribution is 2.22. The molecular weight excluding hydrogens is 353 g/mol. The number of rotatable bonds is 6. The molecule has 1 aliphatic rings. The first-order chi connectivity index (χ1) is 13.7. The van der Waals surface area contributed by atoms with Gasteiger partial charge in [-0.1, -0.05) is 48.5 Å². The van der Waals surface area contributed by atoms with Crippen LogP contribution in [0.15, 0.2) is 66.4 Å². The van der Waals surface area contributed by atoms with Crippen molar-refractivity contribution in [2.24, 2.45) is 5.92 Å². The largest absolute Gasteiger partial charge is 0.385 e. The molecule has 2 aromatic rings. The third kappa shape index (κ3) is 5.20. The molecule has 2 aromatic carbocycles. The Morgan fingerprint density at radius 3 is 2.50 bits per heavy atom. The maximum absolute atomic E-state index is 13.6. The van der Waals surface area contributed by atoms with Gasteiger partial charge in [0.15, 0.2) is 0 Å². The Labute approximate surface area is 165 Å². The first-order valence-electron chi connectivity index (χ1n) is 9.57. The van der Waals surface area contributed by atoms with Crippen LogP contribution in [-0.2, 0) is 17.8 Å². The summed E-state index contributed by atoms with van der Waals surface area (Å²) in [5, 5.41) is 12.2. The van der Waals surface area contributed by atoms with Crippen LogP contribution in [0.3, 0.4) is 0 Å². The second-order valence-electron chi connectivity index (χ2n) is 7.07. The minimum Gasteiger partial charge on any atom is -0.385 e. The average Bonchev–Trinajstić information content (AvgIpc) is 2.73. The number of hydrogen-bond acceptors (Lipinski definition) is 3. The van der Waals surface area contributed by atoms with Crippen molar-refractivity contribution < 1.29 is 9.18 Å². The molecule has 5 heteroatoms. The standard InChI is InChI=1S/C23H24FN3O/c24-22-9-5-4-8-20(22)16-26-17-21(15-25)23(28)27-12-10-19(11-13-27)14-18-6-2-1-3-7-18/h1-9,17,19,26H,10-14,16H2/b21-17-. The number of nitriles is 1. The van der Waals surface area contributed by atoms with Gasteiger partial charge in [0.2, 0.25) is 0 Å². The van der Waals surface area contributed by atoms with E-state index in [1.54, 1.807) is 23.1 Å². The van der Waals surface area contributed by atoms with Gasteiger partial charge < -0.3 is 10.2 Å². The lowest BCUT2D eigenvalue weighted by Crippen LogP contribution is -2.39. The number of piperidine rings is 1. The molecule has 4 nitrogen and oxygen atoms in total. The number of carbonyl (C=O) groups is 1. The van der Waals surface area contributed by atoms with E-state index in [2.05, 4.69) is 17.4 Å². The van der Waals surface area contributed by atoms with Crippen molar-refractivity contribution in [1.29, 1.82) is 5.26 Å². The highest BCUT2D eigenvalue weighted by molar-refractivity contribution is 5.97. The lowest BCUT2D eigenvalue weighted by atomic mass is 9.90. The Morgan fingerprint density at radius 2 is 1.82 bits per heavy atom. The Bertz CT molecular complexity index is 865. The van der Waals surface area contributed by atoms with Gasteiger partial charge in [-0.15, -0.1) is 0 Å². The molecule has 1 amide bonds. The molecule has 0 atom stereocenters. The minimum atomic E-state index is -0.311. The van der Waals surface area contributed by atoms with Crippen LogP contribution in [0, 0.1) is 23.1 Å². The summed E-state index contributed by atoms with van der Waals surface area (Å²) < 4.78 is 13.6. The van der Waals surface area contributed by atoms with E-state index in [0.29, 0.717) is 24.6 Å². The molecule has 0 bridgehead atoms. The second kappa shape index (κ2) is 9.70. The first-order valence-corrected chi connectivity index (χ1v) is 9.57. The minimum absolute atomic E-state index is 0.0536. The van der Waals surface area contributed by atoms with Crippen LogP contribution in [0.5, 0.6) is 0 Å². The van der Waals surface area contributed by atoms with Crippen LogP contribution >= 0.6 is 0 Å². The summed E-state index contributed by atoms with van der Waals surface area (Å²) in [4.78, 5) is 14.4. The predicted molar refractivity (Wildman–Crippen MR) is 106 cm³/mol. The summed E-state index contributed by atoms with van der Waals surface area (Å²) in [5.74, 6) is -0.0180. The first kappa shape index (κ1) is 19.6. The molecule has 0 aliphatic carbocycles. The molecule has 1 N–H and O–H groups in total. The molecule has 0 aromatic heterocycles. The van der Waals surface area contributed by atoms with Gasteiger partial charge in [-0.05, 0) is 36.8 Å². The zero-order chi connectivity index (χ0) is 19.8. The number of nitrogens with zero attached hydrogens (tertiary/aromatic N) is 2. The van der Waals surface area contributed by atoms with Crippen molar-refractivity contribution in [3.8, 4) is 6.07 Å². The predicted octanol–water partition coefficient (Wildman–Crippen LogP) is 3.80. The smallest absolute Gasteiger partial charge is 0.265 e. The summed E-state index contributed by atoms with van der Waals surface area (Å²) in [6, 6.07) is 18.8. The van der Waals surface area contributed by atoms with E-state index in [9.17, 15) is 14.4 Å². The van der Waals surface area contributed by atoms with E-state index >= 15 is 0 Å². The zero-order valence-electron chi connectivity index (χ0n) is 15.8. The second-order valence-corrected chi connectivity index (χ2v) is 7.07. The van der Waals surface area contributed by atoms with E-state index in [1.165, 1.54) is 17.8 Å². The average molecular weight is 377 g/mol. The lowest BCUT2D eigenvalue weighted by molar-refractivity contribution is -0.128. The number of carbonyl (C=O) groups excluding carboxylic acids is 1. The zero-order valence-corrected chi connectivity index (χ0v) is 15.8. The molecule has 0 saturated carbocycles. The van der Waals surface area contributed by atoms with Gasteiger partial charge in [-0.2, -0.15) is 5.26 Å². The molecule has 144 valence electrons. The van der Waals surface area contributed by atoms with Crippen LogP contribution in [0.4, 0.5) is 4.39 Å². The van der Waals surface area contributed by atoms with Crippen LogP contribution < -0.4 is 5.32 Å². The Balaban J connectivity index is 1.51. The maximum Gasteiger partial charge on any atom is 0.265 e. The number of halogens is 1. The van der Waals surface area contributed by atoms with E-state index in [4.69, 9.17) is 0 Å². The normalized spacial score (nSPS) is 15.1. The molecule has 3 rings (SSSR count). The van der Waals surface area contributed by atoms with Gasteiger partial charge in [0.25, 0.3) is 5.91 Å². The summed E-state index contributed by atoms with van der Waals surface area (Å²) in [5.41, 5.74) is 1.87. The number of nitrogens with one attached hydrogen (secondary N) is 1. The molecule has 28 heavy (non-hydrogen) atoms. The maximum atomic E-state index is 13.6. The van der Waals surface area contributed by atoms with E-state index in [-0.39, 0.29) is 23.8 Å². The van der Waals surface area contributed by atoms with Crippen LogP contribution in [0.1, 0.15) is 24.0 Å². The number of hydrogen-bond donors (Lipinski definition) is 1. The van der Waals surface area contributed by atoms with Crippen molar-refractivity contribution >= 4 is 5.91 Å². The highest BCUT2D eigenvalue weighted by atomic mass is 19.1. The number of likely N-dealkylation sites (tertiary alicyclic amines) is 1. The molecule has 1 saturated heterocycles. The van der Waals surface area contributed by atoms with E-state index in [1.807, 2.05) is 24.3 Å². The van der Waals surface area contributed by atoms with Gasteiger partial charge in [0.05, 0.1) is 0 Å². The fourth-order valence-corrected chi connectivity index (χ4v) is 3.50. The van der Waals surface area contributed by atoms with Crippen LogP contribution in [0.25, 0.3) is 0 Å². The topological polar surface area (TPSA) is 56.1 Å². The van der Waals surface area contributed by atoms with Crippen LogP contribution in [0.2, 0.25) is 0 Å². The molecule has 1 fully saturated rings. The molecule has 0 radical (unpaired) electrons. The monoisotopic (exact) mass is 377 g/mol. The third-order valence-corrected chi connectivity index (χ3v) is 5.12. The molecule has 0 spiro atoms. The van der Waals surface area contributed by atoms with Crippen molar-refractivity contribution in [3.63, 3.8) is 0 Å². The van der Waals surface area contributed by atoms with E-state index in [0.717, 1.165) is 19.3 Å². The fourth-order valence-electron chi connectivity index (χ4n) is 3.50. The molecule has 1 aliphatic heterocycles.